The van der Waals surface area contributed by atoms with Crippen molar-refractivity contribution in [2.75, 3.05) is 11.9 Å². The molecule has 2 aromatic carbocycles. The van der Waals surface area contributed by atoms with Crippen LogP contribution < -0.4 is 14.8 Å². The molecule has 174 valence electrons. The van der Waals surface area contributed by atoms with Crippen LogP contribution in [0.3, 0.4) is 0 Å². The van der Waals surface area contributed by atoms with Gasteiger partial charge in [0.15, 0.2) is 0 Å². The zero-order valence-electron chi connectivity index (χ0n) is 19.4. The topological polar surface area (TPSA) is 80.8 Å². The van der Waals surface area contributed by atoms with E-state index in [1.54, 1.807) is 42.7 Å². The normalized spacial score (nSPS) is 13.6. The van der Waals surface area contributed by atoms with E-state index in [2.05, 4.69) is 10.3 Å². The standard InChI is InChI=1S/C27H27N3O4/c1-4-33-22-13-9-21(10-14-22)29-25-24(20-7-11-23(12-8-20)34-18(2)3)26(31)30(27(25)32)17-19-6-5-15-28-16-19/h5-16,18,29H,4,17H2,1-3H3. The number of anilines is 1. The lowest BCUT2D eigenvalue weighted by molar-refractivity contribution is -0.137. The highest BCUT2D eigenvalue weighted by atomic mass is 16.5. The first-order chi connectivity index (χ1) is 16.5. The molecule has 0 saturated carbocycles. The summed E-state index contributed by atoms with van der Waals surface area (Å²) in [7, 11) is 0. The van der Waals surface area contributed by atoms with Crippen LogP contribution in [-0.2, 0) is 16.1 Å². The second kappa shape index (κ2) is 10.2. The van der Waals surface area contributed by atoms with Crippen molar-refractivity contribution < 1.29 is 19.1 Å². The number of ether oxygens (including phenoxy) is 2. The molecular formula is C27H27N3O4. The first-order valence-corrected chi connectivity index (χ1v) is 11.2. The van der Waals surface area contributed by atoms with Crippen LogP contribution >= 0.6 is 0 Å². The molecule has 0 spiro atoms. The average molecular weight is 458 g/mol. The van der Waals surface area contributed by atoms with Crippen LogP contribution in [0.1, 0.15) is 31.9 Å². The summed E-state index contributed by atoms with van der Waals surface area (Å²) in [6.07, 6.45) is 3.34. The molecule has 3 aromatic rings. The molecule has 0 unspecified atom stereocenters. The lowest BCUT2D eigenvalue weighted by Crippen LogP contribution is -2.32. The Kier molecular flexibility index (Phi) is 6.92. The Morgan fingerprint density at radius 1 is 0.941 bits per heavy atom. The maximum atomic E-state index is 13.5. The van der Waals surface area contributed by atoms with Crippen LogP contribution in [-0.4, -0.2) is 34.4 Å². The molecule has 0 saturated heterocycles. The number of benzene rings is 2. The van der Waals surface area contributed by atoms with E-state index in [1.165, 1.54) is 4.90 Å². The van der Waals surface area contributed by atoms with E-state index in [0.717, 1.165) is 11.3 Å². The maximum absolute atomic E-state index is 13.5. The van der Waals surface area contributed by atoms with Crippen molar-refractivity contribution in [2.24, 2.45) is 0 Å². The SMILES string of the molecule is CCOc1ccc(NC2=C(c3ccc(OC(C)C)cc3)C(=O)N(Cc3cccnc3)C2=O)cc1. The second-order valence-electron chi connectivity index (χ2n) is 8.08. The largest absolute Gasteiger partial charge is 0.494 e. The molecule has 0 atom stereocenters. The summed E-state index contributed by atoms with van der Waals surface area (Å²) in [5.74, 6) is 0.680. The number of aromatic nitrogens is 1. The number of hydrogen-bond donors (Lipinski definition) is 1. The van der Waals surface area contributed by atoms with Gasteiger partial charge in [-0.2, -0.15) is 0 Å². The molecule has 0 radical (unpaired) electrons. The zero-order valence-corrected chi connectivity index (χ0v) is 19.4. The van der Waals surface area contributed by atoms with E-state index in [1.807, 2.05) is 51.1 Å². The molecule has 1 aromatic heterocycles. The second-order valence-corrected chi connectivity index (χ2v) is 8.08. The molecule has 0 bridgehead atoms. The summed E-state index contributed by atoms with van der Waals surface area (Å²) < 4.78 is 11.2. The Bertz CT molecular complexity index is 1190. The van der Waals surface area contributed by atoms with Crippen LogP contribution in [0.5, 0.6) is 11.5 Å². The van der Waals surface area contributed by atoms with E-state index in [-0.39, 0.29) is 30.2 Å². The predicted octanol–water partition coefficient (Wildman–Crippen LogP) is 4.66. The molecule has 4 rings (SSSR count). The molecule has 1 N–H and O–H groups in total. The van der Waals surface area contributed by atoms with Gasteiger partial charge in [0, 0.05) is 18.1 Å². The number of amides is 2. The summed E-state index contributed by atoms with van der Waals surface area (Å²) in [6.45, 7) is 6.52. The third-order valence-electron chi connectivity index (χ3n) is 5.18. The van der Waals surface area contributed by atoms with Gasteiger partial charge < -0.3 is 14.8 Å². The highest BCUT2D eigenvalue weighted by molar-refractivity contribution is 6.36. The van der Waals surface area contributed by atoms with Crippen molar-refractivity contribution in [3.63, 3.8) is 0 Å². The molecular weight excluding hydrogens is 430 g/mol. The van der Waals surface area contributed by atoms with Gasteiger partial charge in [0.05, 0.1) is 24.8 Å². The summed E-state index contributed by atoms with van der Waals surface area (Å²) in [5.41, 5.74) is 2.64. The molecule has 0 aliphatic carbocycles. The van der Waals surface area contributed by atoms with Crippen molar-refractivity contribution in [1.82, 2.24) is 9.88 Å². The Balaban J connectivity index is 1.68. The van der Waals surface area contributed by atoms with Gasteiger partial charge in [-0.3, -0.25) is 19.5 Å². The maximum Gasteiger partial charge on any atom is 0.278 e. The van der Waals surface area contributed by atoms with Crippen LogP contribution in [0.15, 0.2) is 78.8 Å². The molecule has 2 heterocycles. The Labute approximate surface area is 199 Å². The highest BCUT2D eigenvalue weighted by Crippen LogP contribution is 2.32. The van der Waals surface area contributed by atoms with Crippen molar-refractivity contribution in [2.45, 2.75) is 33.4 Å². The zero-order chi connectivity index (χ0) is 24.1. The molecule has 34 heavy (non-hydrogen) atoms. The Morgan fingerprint density at radius 2 is 1.65 bits per heavy atom. The van der Waals surface area contributed by atoms with E-state index >= 15 is 0 Å². The molecule has 7 nitrogen and oxygen atoms in total. The molecule has 1 aliphatic heterocycles. The van der Waals surface area contributed by atoms with Crippen molar-refractivity contribution in [3.8, 4) is 11.5 Å². The number of nitrogens with one attached hydrogen (secondary N) is 1. The van der Waals surface area contributed by atoms with Gasteiger partial charge in [-0.15, -0.1) is 0 Å². The summed E-state index contributed by atoms with van der Waals surface area (Å²) >= 11 is 0. The summed E-state index contributed by atoms with van der Waals surface area (Å²) in [5, 5.41) is 3.17. The van der Waals surface area contributed by atoms with Crippen LogP contribution in [0.2, 0.25) is 0 Å². The van der Waals surface area contributed by atoms with Crippen LogP contribution in [0.4, 0.5) is 5.69 Å². The van der Waals surface area contributed by atoms with Gasteiger partial charge >= 0.3 is 0 Å². The van der Waals surface area contributed by atoms with E-state index in [9.17, 15) is 9.59 Å². The summed E-state index contributed by atoms with van der Waals surface area (Å²) in [4.78, 5) is 32.2. The van der Waals surface area contributed by atoms with Crippen molar-refractivity contribution in [3.05, 3.63) is 89.9 Å². The first-order valence-electron chi connectivity index (χ1n) is 11.2. The Morgan fingerprint density at radius 3 is 2.26 bits per heavy atom. The minimum absolute atomic E-state index is 0.0339. The van der Waals surface area contributed by atoms with Gasteiger partial charge in [-0.1, -0.05) is 18.2 Å². The lowest BCUT2D eigenvalue weighted by atomic mass is 10.0. The number of pyridine rings is 1. The molecule has 2 amide bonds. The van der Waals surface area contributed by atoms with Gasteiger partial charge in [0.2, 0.25) is 0 Å². The van der Waals surface area contributed by atoms with E-state index < -0.39 is 0 Å². The third-order valence-corrected chi connectivity index (χ3v) is 5.18. The number of carbonyl (C=O) groups is 2. The van der Waals surface area contributed by atoms with Crippen LogP contribution in [0.25, 0.3) is 5.57 Å². The van der Waals surface area contributed by atoms with Gasteiger partial charge in [0.25, 0.3) is 11.8 Å². The average Bonchev–Trinajstić information content (AvgIpc) is 3.05. The van der Waals surface area contributed by atoms with Gasteiger partial charge in [0.1, 0.15) is 17.2 Å². The number of imide groups is 1. The number of nitrogens with zero attached hydrogens (tertiary/aromatic N) is 2. The quantitative estimate of drug-likeness (QED) is 0.471. The van der Waals surface area contributed by atoms with E-state index in [4.69, 9.17) is 9.47 Å². The monoisotopic (exact) mass is 457 g/mol. The third kappa shape index (κ3) is 5.09. The van der Waals surface area contributed by atoms with Gasteiger partial charge in [-0.05, 0) is 74.4 Å². The minimum atomic E-state index is -0.389. The van der Waals surface area contributed by atoms with Crippen molar-refractivity contribution in [1.29, 1.82) is 0 Å². The van der Waals surface area contributed by atoms with E-state index in [0.29, 0.717) is 29.2 Å². The Hall–Kier alpha value is -4.13. The predicted molar refractivity (Wildman–Crippen MR) is 130 cm³/mol. The van der Waals surface area contributed by atoms with Gasteiger partial charge in [-0.25, -0.2) is 0 Å². The number of rotatable bonds is 9. The fraction of sp³-hybridized carbons (Fsp3) is 0.222. The number of carbonyl (C=O) groups excluding carboxylic acids is 2. The lowest BCUT2D eigenvalue weighted by Gasteiger charge is -2.15. The molecule has 1 aliphatic rings. The van der Waals surface area contributed by atoms with Crippen molar-refractivity contribution >= 4 is 23.1 Å². The smallest absolute Gasteiger partial charge is 0.278 e. The number of hydrogen-bond acceptors (Lipinski definition) is 6. The highest BCUT2D eigenvalue weighted by Gasteiger charge is 2.39. The fourth-order valence-electron chi connectivity index (χ4n) is 3.70. The first kappa shape index (κ1) is 23.0. The molecule has 0 fully saturated rings. The molecule has 7 heteroatoms. The minimum Gasteiger partial charge on any atom is -0.494 e. The summed E-state index contributed by atoms with van der Waals surface area (Å²) in [6, 6.07) is 18.1. The van der Waals surface area contributed by atoms with Crippen LogP contribution in [0, 0.1) is 0 Å². The fourth-order valence-corrected chi connectivity index (χ4v) is 3.70.